The highest BCUT2D eigenvalue weighted by molar-refractivity contribution is 5.82. The van der Waals surface area contributed by atoms with E-state index in [1.54, 1.807) is 0 Å². The molecule has 28 heavy (non-hydrogen) atoms. The van der Waals surface area contributed by atoms with E-state index in [9.17, 15) is 9.90 Å². The van der Waals surface area contributed by atoms with Crippen molar-refractivity contribution in [3.63, 3.8) is 0 Å². The minimum Gasteiger partial charge on any atom is -0.480 e. The molecule has 1 unspecified atom stereocenters. The van der Waals surface area contributed by atoms with Crippen molar-refractivity contribution in [2.75, 3.05) is 6.61 Å². The van der Waals surface area contributed by atoms with Crippen molar-refractivity contribution in [2.45, 2.75) is 11.6 Å². The molecule has 0 saturated carbocycles. The number of fused-ring (bicyclic) bond motifs is 3. The monoisotopic (exact) mass is 371 g/mol. The SMILES string of the molecule is N[C@@H](COC1(c2ccccc2)C=Cc2ccccc2-c2ccccc21)C(=O)O. The van der Waals surface area contributed by atoms with E-state index >= 15 is 0 Å². The summed E-state index contributed by atoms with van der Waals surface area (Å²) >= 11 is 0. The number of carbonyl (C=O) groups is 1. The molecule has 1 aliphatic rings. The third-order valence-corrected chi connectivity index (χ3v) is 5.09. The Hall–Kier alpha value is -3.21. The van der Waals surface area contributed by atoms with Gasteiger partial charge in [-0.3, -0.25) is 4.79 Å². The summed E-state index contributed by atoms with van der Waals surface area (Å²) < 4.78 is 6.32. The van der Waals surface area contributed by atoms with Gasteiger partial charge in [0.05, 0.1) is 6.61 Å². The summed E-state index contributed by atoms with van der Waals surface area (Å²) in [5.74, 6) is -1.09. The molecule has 0 amide bonds. The molecule has 3 aromatic rings. The van der Waals surface area contributed by atoms with Gasteiger partial charge in [0.1, 0.15) is 11.6 Å². The van der Waals surface area contributed by atoms with Gasteiger partial charge in [0, 0.05) is 5.56 Å². The van der Waals surface area contributed by atoms with Crippen LogP contribution in [0.15, 0.2) is 84.9 Å². The van der Waals surface area contributed by atoms with Crippen molar-refractivity contribution in [3.05, 3.63) is 102 Å². The second-order valence-electron chi connectivity index (χ2n) is 6.82. The van der Waals surface area contributed by atoms with Crippen LogP contribution in [0.5, 0.6) is 0 Å². The van der Waals surface area contributed by atoms with Crippen molar-refractivity contribution in [1.82, 2.24) is 0 Å². The minimum atomic E-state index is -1.10. The molecule has 4 nitrogen and oxygen atoms in total. The Morgan fingerprint density at radius 2 is 1.57 bits per heavy atom. The molecule has 2 atom stereocenters. The van der Waals surface area contributed by atoms with E-state index in [2.05, 4.69) is 18.2 Å². The van der Waals surface area contributed by atoms with Gasteiger partial charge in [-0.05, 0) is 28.3 Å². The van der Waals surface area contributed by atoms with Crippen LogP contribution in [0.25, 0.3) is 17.2 Å². The Bertz CT molecular complexity index is 1030. The zero-order chi connectivity index (χ0) is 19.6. The lowest BCUT2D eigenvalue weighted by Crippen LogP contribution is -2.40. The maximum absolute atomic E-state index is 11.3. The molecule has 0 aromatic heterocycles. The Labute approximate surface area is 163 Å². The molecule has 0 aliphatic heterocycles. The van der Waals surface area contributed by atoms with Crippen LogP contribution in [0.1, 0.15) is 16.7 Å². The van der Waals surface area contributed by atoms with Crippen LogP contribution in [0.3, 0.4) is 0 Å². The van der Waals surface area contributed by atoms with Gasteiger partial charge in [-0.25, -0.2) is 0 Å². The quantitative estimate of drug-likeness (QED) is 0.710. The van der Waals surface area contributed by atoms with Gasteiger partial charge < -0.3 is 15.6 Å². The Balaban J connectivity index is 1.94. The third kappa shape index (κ3) is 3.13. The molecule has 1 aliphatic carbocycles. The summed E-state index contributed by atoms with van der Waals surface area (Å²) in [5.41, 5.74) is 9.95. The standard InChI is InChI=1S/C24H21NO3/c25-22(23(26)27)16-28-24(18-9-2-1-3-10-18)15-14-17-8-4-5-11-19(17)20-12-6-7-13-21(20)24/h1-15,22H,16,25H2,(H,26,27)/t22-,24?/m0/s1. The van der Waals surface area contributed by atoms with E-state index in [-0.39, 0.29) is 6.61 Å². The van der Waals surface area contributed by atoms with Crippen LogP contribution < -0.4 is 5.73 Å². The number of hydrogen-bond acceptors (Lipinski definition) is 3. The summed E-state index contributed by atoms with van der Waals surface area (Å²) in [7, 11) is 0. The normalized spacial score (nSPS) is 18.6. The summed E-state index contributed by atoms with van der Waals surface area (Å²) in [6.07, 6.45) is 4.04. The zero-order valence-electron chi connectivity index (χ0n) is 15.3. The lowest BCUT2D eigenvalue weighted by atomic mass is 9.82. The Morgan fingerprint density at radius 3 is 2.32 bits per heavy atom. The molecular formula is C24H21NO3. The van der Waals surface area contributed by atoms with E-state index in [0.29, 0.717) is 0 Å². The van der Waals surface area contributed by atoms with Crippen molar-refractivity contribution in [1.29, 1.82) is 0 Å². The number of carboxylic acid groups (broad SMARTS) is 1. The smallest absolute Gasteiger partial charge is 0.322 e. The van der Waals surface area contributed by atoms with Crippen molar-refractivity contribution < 1.29 is 14.6 Å². The van der Waals surface area contributed by atoms with Crippen LogP contribution in [-0.4, -0.2) is 23.7 Å². The molecule has 0 saturated heterocycles. The molecule has 0 bridgehead atoms. The van der Waals surface area contributed by atoms with Gasteiger partial charge in [0.2, 0.25) is 0 Å². The average Bonchev–Trinajstić information content (AvgIpc) is 2.88. The van der Waals surface area contributed by atoms with Gasteiger partial charge in [-0.15, -0.1) is 0 Å². The first-order valence-electron chi connectivity index (χ1n) is 9.18. The van der Waals surface area contributed by atoms with E-state index in [0.717, 1.165) is 27.8 Å². The van der Waals surface area contributed by atoms with Crippen LogP contribution in [-0.2, 0) is 15.1 Å². The van der Waals surface area contributed by atoms with Crippen molar-refractivity contribution in [2.24, 2.45) is 5.73 Å². The maximum Gasteiger partial charge on any atom is 0.322 e. The minimum absolute atomic E-state index is 0.112. The second kappa shape index (κ2) is 7.43. The first kappa shape index (κ1) is 18.2. The van der Waals surface area contributed by atoms with E-state index in [4.69, 9.17) is 10.5 Å². The molecular weight excluding hydrogens is 350 g/mol. The topological polar surface area (TPSA) is 72.5 Å². The highest BCUT2D eigenvalue weighted by Gasteiger charge is 2.37. The lowest BCUT2D eigenvalue weighted by Gasteiger charge is -2.34. The van der Waals surface area contributed by atoms with Crippen molar-refractivity contribution in [3.8, 4) is 11.1 Å². The van der Waals surface area contributed by atoms with Crippen LogP contribution in [0.2, 0.25) is 0 Å². The van der Waals surface area contributed by atoms with Gasteiger partial charge in [0.15, 0.2) is 0 Å². The van der Waals surface area contributed by atoms with E-state index in [1.807, 2.05) is 72.8 Å². The summed E-state index contributed by atoms with van der Waals surface area (Å²) in [4.78, 5) is 11.3. The molecule has 140 valence electrons. The molecule has 3 aromatic carbocycles. The average molecular weight is 371 g/mol. The summed E-state index contributed by atoms with van der Waals surface area (Å²) in [5, 5.41) is 9.24. The third-order valence-electron chi connectivity index (χ3n) is 5.09. The van der Waals surface area contributed by atoms with Crippen LogP contribution in [0, 0.1) is 0 Å². The number of benzene rings is 3. The number of nitrogens with two attached hydrogens (primary N) is 1. The van der Waals surface area contributed by atoms with Crippen molar-refractivity contribution >= 4 is 12.0 Å². The van der Waals surface area contributed by atoms with Gasteiger partial charge in [-0.2, -0.15) is 0 Å². The molecule has 4 rings (SSSR count). The molecule has 4 heteroatoms. The first-order valence-corrected chi connectivity index (χ1v) is 9.18. The van der Waals surface area contributed by atoms with Gasteiger partial charge in [0.25, 0.3) is 0 Å². The molecule has 0 heterocycles. The lowest BCUT2D eigenvalue weighted by molar-refractivity contribution is -0.141. The number of rotatable bonds is 5. The summed E-state index contributed by atoms with van der Waals surface area (Å²) in [6.45, 7) is -0.112. The first-order chi connectivity index (χ1) is 13.6. The van der Waals surface area contributed by atoms with Crippen LogP contribution in [0.4, 0.5) is 0 Å². The van der Waals surface area contributed by atoms with Crippen LogP contribution >= 0.6 is 0 Å². The van der Waals surface area contributed by atoms with E-state index < -0.39 is 17.6 Å². The fourth-order valence-electron chi connectivity index (χ4n) is 3.67. The number of ether oxygens (including phenoxy) is 1. The maximum atomic E-state index is 11.3. The van der Waals surface area contributed by atoms with E-state index in [1.165, 1.54) is 0 Å². The highest BCUT2D eigenvalue weighted by Crippen LogP contribution is 2.44. The second-order valence-corrected chi connectivity index (χ2v) is 6.82. The summed E-state index contributed by atoms with van der Waals surface area (Å²) in [6, 6.07) is 25.0. The largest absolute Gasteiger partial charge is 0.480 e. The number of hydrogen-bond donors (Lipinski definition) is 2. The Kier molecular flexibility index (Phi) is 4.82. The predicted molar refractivity (Wildman–Crippen MR) is 110 cm³/mol. The van der Waals surface area contributed by atoms with Gasteiger partial charge >= 0.3 is 5.97 Å². The zero-order valence-corrected chi connectivity index (χ0v) is 15.3. The molecule has 0 radical (unpaired) electrons. The molecule has 0 spiro atoms. The fraction of sp³-hybridized carbons (Fsp3) is 0.125. The highest BCUT2D eigenvalue weighted by atomic mass is 16.5. The fourth-order valence-corrected chi connectivity index (χ4v) is 3.67. The number of aliphatic carboxylic acids is 1. The molecule has 0 fully saturated rings. The van der Waals surface area contributed by atoms with Gasteiger partial charge in [-0.1, -0.05) is 84.9 Å². The number of carboxylic acids is 1. The predicted octanol–water partition coefficient (Wildman–Crippen LogP) is 4.05. The molecule has 3 N–H and O–H groups in total. The Morgan fingerprint density at radius 1 is 0.929 bits per heavy atom.